The second-order valence-electron chi connectivity index (χ2n) is 7.69. The van der Waals surface area contributed by atoms with Crippen molar-refractivity contribution in [2.24, 2.45) is 0 Å². The third kappa shape index (κ3) is 4.67. The van der Waals surface area contributed by atoms with Gasteiger partial charge in [-0.25, -0.2) is 4.79 Å². The number of ether oxygens (including phenoxy) is 3. The summed E-state index contributed by atoms with van der Waals surface area (Å²) in [6.45, 7) is 11.8. The Labute approximate surface area is 137 Å². The Bertz CT molecular complexity index is 499. The molecule has 0 bridgehead atoms. The van der Waals surface area contributed by atoms with Crippen molar-refractivity contribution in [3.8, 4) is 0 Å². The van der Waals surface area contributed by atoms with Crippen LogP contribution in [-0.4, -0.2) is 53.4 Å². The predicted molar refractivity (Wildman–Crippen MR) is 84.8 cm³/mol. The Morgan fingerprint density at radius 2 is 2.09 bits per heavy atom. The van der Waals surface area contributed by atoms with Crippen molar-refractivity contribution < 1.29 is 24.1 Å². The number of aliphatic hydroxyl groups excluding tert-OH is 1. The van der Waals surface area contributed by atoms with Crippen LogP contribution in [0.25, 0.3) is 0 Å². The molecule has 1 fully saturated rings. The molecular weight excluding hydrogens is 300 g/mol. The molecule has 2 rings (SSSR count). The molecule has 23 heavy (non-hydrogen) atoms. The van der Waals surface area contributed by atoms with Crippen molar-refractivity contribution in [3.63, 3.8) is 0 Å². The number of carbonyl (C=O) groups excluding carboxylic acids is 1. The summed E-state index contributed by atoms with van der Waals surface area (Å²) in [4.78, 5) is 12.0. The van der Waals surface area contributed by atoms with Gasteiger partial charge in [-0.05, 0) is 47.6 Å². The van der Waals surface area contributed by atoms with Crippen LogP contribution in [0.2, 0.25) is 0 Å². The SMILES string of the molecule is CC1(C)C=C(OC(=O)NCC(O)C2COC(C)(C)O2)C(C)(C)N1. The van der Waals surface area contributed by atoms with Gasteiger partial charge < -0.3 is 24.6 Å². The first-order valence-electron chi connectivity index (χ1n) is 7.88. The van der Waals surface area contributed by atoms with E-state index in [1.807, 2.05) is 33.8 Å². The molecule has 7 heteroatoms. The summed E-state index contributed by atoms with van der Waals surface area (Å²) in [6.07, 6.45) is -0.0297. The molecule has 2 heterocycles. The van der Waals surface area contributed by atoms with Gasteiger partial charge in [-0.3, -0.25) is 5.32 Å². The zero-order valence-corrected chi connectivity index (χ0v) is 14.7. The van der Waals surface area contributed by atoms with Gasteiger partial charge in [0.2, 0.25) is 0 Å². The predicted octanol–water partition coefficient (Wildman–Crippen LogP) is 1.27. The number of hydrogen-bond donors (Lipinski definition) is 3. The van der Waals surface area contributed by atoms with Crippen molar-refractivity contribution in [1.82, 2.24) is 10.6 Å². The van der Waals surface area contributed by atoms with Crippen LogP contribution in [0.15, 0.2) is 11.8 Å². The number of amides is 1. The van der Waals surface area contributed by atoms with E-state index in [0.717, 1.165) is 0 Å². The van der Waals surface area contributed by atoms with Crippen molar-refractivity contribution in [1.29, 1.82) is 0 Å². The summed E-state index contributed by atoms with van der Waals surface area (Å²) in [5, 5.41) is 16.0. The molecule has 0 aromatic carbocycles. The van der Waals surface area contributed by atoms with Gasteiger partial charge in [-0.15, -0.1) is 0 Å². The molecule has 0 aromatic rings. The molecule has 2 atom stereocenters. The van der Waals surface area contributed by atoms with E-state index in [9.17, 15) is 9.90 Å². The van der Waals surface area contributed by atoms with Gasteiger partial charge >= 0.3 is 6.09 Å². The zero-order valence-electron chi connectivity index (χ0n) is 14.7. The molecule has 3 N–H and O–H groups in total. The highest BCUT2D eigenvalue weighted by molar-refractivity contribution is 5.69. The van der Waals surface area contributed by atoms with E-state index in [1.54, 1.807) is 13.8 Å². The summed E-state index contributed by atoms with van der Waals surface area (Å²) >= 11 is 0. The van der Waals surface area contributed by atoms with Gasteiger partial charge in [-0.1, -0.05) is 0 Å². The van der Waals surface area contributed by atoms with Crippen LogP contribution in [0, 0.1) is 0 Å². The molecule has 1 amide bonds. The lowest BCUT2D eigenvalue weighted by molar-refractivity contribution is -0.150. The molecule has 0 radical (unpaired) electrons. The Hall–Kier alpha value is -1.15. The first kappa shape index (κ1) is 18.2. The minimum absolute atomic E-state index is 0.0352. The quantitative estimate of drug-likeness (QED) is 0.720. The number of alkyl carbamates (subject to hydrolysis) is 1. The van der Waals surface area contributed by atoms with Crippen LogP contribution >= 0.6 is 0 Å². The molecule has 0 aliphatic carbocycles. The Morgan fingerprint density at radius 3 is 2.57 bits per heavy atom. The van der Waals surface area contributed by atoms with E-state index in [4.69, 9.17) is 14.2 Å². The molecule has 2 aliphatic heterocycles. The van der Waals surface area contributed by atoms with Gasteiger partial charge in [0.1, 0.15) is 11.9 Å². The second kappa shape index (κ2) is 6.05. The minimum atomic E-state index is -0.857. The maximum atomic E-state index is 12.0. The van der Waals surface area contributed by atoms with E-state index in [-0.39, 0.29) is 12.1 Å². The fourth-order valence-corrected chi connectivity index (χ4v) is 2.93. The minimum Gasteiger partial charge on any atom is -0.413 e. The molecule has 0 aromatic heterocycles. The molecule has 1 saturated heterocycles. The molecule has 0 spiro atoms. The van der Waals surface area contributed by atoms with E-state index in [2.05, 4.69) is 10.6 Å². The van der Waals surface area contributed by atoms with Gasteiger partial charge in [0, 0.05) is 12.1 Å². The number of carbonyl (C=O) groups is 1. The van der Waals surface area contributed by atoms with Crippen molar-refractivity contribution in [2.75, 3.05) is 13.2 Å². The van der Waals surface area contributed by atoms with Crippen molar-refractivity contribution >= 4 is 6.09 Å². The Kier molecular flexibility index (Phi) is 4.79. The largest absolute Gasteiger partial charge is 0.413 e. The lowest BCUT2D eigenvalue weighted by atomic mass is 10.1. The fourth-order valence-electron chi connectivity index (χ4n) is 2.93. The van der Waals surface area contributed by atoms with Gasteiger partial charge in [0.15, 0.2) is 5.79 Å². The molecule has 7 nitrogen and oxygen atoms in total. The second-order valence-corrected chi connectivity index (χ2v) is 7.69. The van der Waals surface area contributed by atoms with E-state index < -0.39 is 29.6 Å². The summed E-state index contributed by atoms with van der Waals surface area (Å²) in [7, 11) is 0. The highest BCUT2D eigenvalue weighted by Crippen LogP contribution is 2.30. The maximum Gasteiger partial charge on any atom is 0.412 e. The molecule has 132 valence electrons. The highest BCUT2D eigenvalue weighted by Gasteiger charge is 2.40. The van der Waals surface area contributed by atoms with Crippen molar-refractivity contribution in [3.05, 3.63) is 11.8 Å². The summed E-state index contributed by atoms with van der Waals surface area (Å²) in [6, 6.07) is 0. The number of aliphatic hydroxyl groups is 1. The van der Waals surface area contributed by atoms with Crippen LogP contribution in [-0.2, 0) is 14.2 Å². The van der Waals surface area contributed by atoms with Gasteiger partial charge in [0.05, 0.1) is 18.2 Å². The first-order valence-corrected chi connectivity index (χ1v) is 7.88. The monoisotopic (exact) mass is 328 g/mol. The third-order valence-corrected chi connectivity index (χ3v) is 3.86. The van der Waals surface area contributed by atoms with E-state index >= 15 is 0 Å². The van der Waals surface area contributed by atoms with Crippen LogP contribution in [0.5, 0.6) is 0 Å². The summed E-state index contributed by atoms with van der Waals surface area (Å²) < 4.78 is 16.3. The molecule has 2 unspecified atom stereocenters. The third-order valence-electron chi connectivity index (χ3n) is 3.86. The molecular formula is C16H28N2O5. The highest BCUT2D eigenvalue weighted by atomic mass is 16.7. The maximum absolute atomic E-state index is 12.0. The zero-order chi connectivity index (χ0) is 17.5. The average molecular weight is 328 g/mol. The fraction of sp³-hybridized carbons (Fsp3) is 0.812. The smallest absolute Gasteiger partial charge is 0.412 e. The van der Waals surface area contributed by atoms with Crippen LogP contribution in [0.3, 0.4) is 0 Å². The average Bonchev–Trinajstić information content (AvgIpc) is 2.83. The topological polar surface area (TPSA) is 89.1 Å². The van der Waals surface area contributed by atoms with E-state index in [1.165, 1.54) is 0 Å². The van der Waals surface area contributed by atoms with Crippen LogP contribution in [0.1, 0.15) is 41.5 Å². The Morgan fingerprint density at radius 1 is 1.43 bits per heavy atom. The van der Waals surface area contributed by atoms with Gasteiger partial charge in [0.25, 0.3) is 0 Å². The number of nitrogens with one attached hydrogen (secondary N) is 2. The standard InChI is InChI=1S/C16H28N2O5/c1-14(2)7-12(15(3,4)18-14)22-13(20)17-8-10(19)11-9-21-16(5,6)23-11/h7,10-11,18-19H,8-9H2,1-6H3,(H,17,20). The van der Waals surface area contributed by atoms with E-state index in [0.29, 0.717) is 12.4 Å². The van der Waals surface area contributed by atoms with Crippen LogP contribution < -0.4 is 10.6 Å². The summed E-state index contributed by atoms with van der Waals surface area (Å²) in [5.41, 5.74) is -0.662. The first-order chi connectivity index (χ1) is 10.4. The van der Waals surface area contributed by atoms with Gasteiger partial charge in [-0.2, -0.15) is 0 Å². The molecule has 2 aliphatic rings. The lowest BCUT2D eigenvalue weighted by Gasteiger charge is -2.27. The normalized spacial score (nSPS) is 29.0. The van der Waals surface area contributed by atoms with Crippen LogP contribution in [0.4, 0.5) is 4.79 Å². The Balaban J connectivity index is 1.82. The number of hydrogen-bond acceptors (Lipinski definition) is 6. The van der Waals surface area contributed by atoms with Crippen molar-refractivity contribution in [2.45, 2.75) is 70.6 Å². The molecule has 0 saturated carbocycles. The summed E-state index contributed by atoms with van der Waals surface area (Å²) in [5.74, 6) is -0.140. The lowest BCUT2D eigenvalue weighted by Crippen LogP contribution is -2.46. The number of rotatable bonds is 4.